The van der Waals surface area contributed by atoms with E-state index in [9.17, 15) is 4.79 Å². The summed E-state index contributed by atoms with van der Waals surface area (Å²) < 4.78 is 0.774. The molecule has 0 aliphatic carbocycles. The van der Waals surface area contributed by atoms with E-state index in [4.69, 9.17) is 11.6 Å². The highest BCUT2D eigenvalue weighted by atomic mass is 35.5. The molecule has 0 bridgehead atoms. The summed E-state index contributed by atoms with van der Waals surface area (Å²) in [6.45, 7) is 0.590. The Morgan fingerprint density at radius 2 is 2.24 bits per heavy atom. The highest BCUT2D eigenvalue weighted by molar-refractivity contribution is 7.16. The monoisotopic (exact) mass is 266 g/mol. The highest BCUT2D eigenvalue weighted by Gasteiger charge is 2.05. The number of nitrogens with zero attached hydrogens (tertiary/aromatic N) is 1. The molecule has 0 saturated heterocycles. The number of pyridine rings is 1. The molecule has 2 aromatic heterocycles. The molecule has 2 heterocycles. The van der Waals surface area contributed by atoms with Crippen LogP contribution in [-0.4, -0.2) is 17.4 Å². The standard InChI is InChI=1S/C12H11ClN2OS/c13-11-5-4-9(17-11)6-8-15-12(16)10-3-1-2-7-14-10/h1-5,7H,6,8H2,(H,15,16). The summed E-state index contributed by atoms with van der Waals surface area (Å²) >= 11 is 7.35. The van der Waals surface area contributed by atoms with E-state index in [2.05, 4.69) is 10.3 Å². The number of aromatic nitrogens is 1. The fraction of sp³-hybridized carbons (Fsp3) is 0.167. The van der Waals surface area contributed by atoms with Gasteiger partial charge in [0.1, 0.15) is 5.69 Å². The van der Waals surface area contributed by atoms with Crippen molar-refractivity contribution in [2.45, 2.75) is 6.42 Å². The zero-order valence-corrected chi connectivity index (χ0v) is 10.6. The minimum atomic E-state index is -0.145. The summed E-state index contributed by atoms with van der Waals surface area (Å²) in [6.07, 6.45) is 2.39. The number of hydrogen-bond donors (Lipinski definition) is 1. The first kappa shape index (κ1) is 12.1. The maximum atomic E-state index is 11.6. The topological polar surface area (TPSA) is 42.0 Å². The predicted molar refractivity (Wildman–Crippen MR) is 69.6 cm³/mol. The van der Waals surface area contributed by atoms with Gasteiger partial charge in [0.2, 0.25) is 0 Å². The third kappa shape index (κ3) is 3.54. The Morgan fingerprint density at radius 3 is 2.88 bits per heavy atom. The Bertz CT molecular complexity index is 498. The summed E-state index contributed by atoms with van der Waals surface area (Å²) in [7, 11) is 0. The van der Waals surface area contributed by atoms with Gasteiger partial charge in [0.15, 0.2) is 0 Å². The van der Waals surface area contributed by atoms with Crippen molar-refractivity contribution in [3.05, 3.63) is 51.4 Å². The van der Waals surface area contributed by atoms with E-state index >= 15 is 0 Å². The molecule has 0 aliphatic heterocycles. The van der Waals surface area contributed by atoms with Gasteiger partial charge in [-0.2, -0.15) is 0 Å². The number of amides is 1. The van der Waals surface area contributed by atoms with Gasteiger partial charge in [-0.25, -0.2) is 0 Å². The minimum absolute atomic E-state index is 0.145. The van der Waals surface area contributed by atoms with Crippen LogP contribution in [0.3, 0.4) is 0 Å². The van der Waals surface area contributed by atoms with E-state index in [0.717, 1.165) is 15.6 Å². The van der Waals surface area contributed by atoms with E-state index in [1.807, 2.05) is 12.1 Å². The second-order valence-corrected chi connectivity index (χ2v) is 5.23. The number of nitrogens with one attached hydrogen (secondary N) is 1. The molecule has 0 spiro atoms. The van der Waals surface area contributed by atoms with Gasteiger partial charge in [0, 0.05) is 17.6 Å². The first-order chi connectivity index (χ1) is 8.25. The van der Waals surface area contributed by atoms with Crippen LogP contribution in [0.15, 0.2) is 36.5 Å². The minimum Gasteiger partial charge on any atom is -0.350 e. The molecule has 0 fully saturated rings. The number of rotatable bonds is 4. The van der Waals surface area contributed by atoms with Crippen LogP contribution < -0.4 is 5.32 Å². The molecule has 2 aromatic rings. The van der Waals surface area contributed by atoms with Crippen molar-refractivity contribution in [1.82, 2.24) is 10.3 Å². The van der Waals surface area contributed by atoms with Gasteiger partial charge in [-0.05, 0) is 30.7 Å². The van der Waals surface area contributed by atoms with Crippen molar-refractivity contribution in [2.24, 2.45) is 0 Å². The molecule has 0 saturated carbocycles. The van der Waals surface area contributed by atoms with Crippen LogP contribution in [0, 0.1) is 0 Å². The van der Waals surface area contributed by atoms with Crippen LogP contribution in [0.5, 0.6) is 0 Å². The molecule has 0 unspecified atom stereocenters. The third-order valence-electron chi connectivity index (χ3n) is 2.18. The lowest BCUT2D eigenvalue weighted by molar-refractivity contribution is 0.0949. The second-order valence-electron chi connectivity index (χ2n) is 3.43. The molecule has 88 valence electrons. The molecule has 3 nitrogen and oxygen atoms in total. The van der Waals surface area contributed by atoms with Crippen LogP contribution in [-0.2, 0) is 6.42 Å². The number of carbonyl (C=O) groups excluding carboxylic acids is 1. The maximum absolute atomic E-state index is 11.6. The smallest absolute Gasteiger partial charge is 0.269 e. The summed E-state index contributed by atoms with van der Waals surface area (Å²) in [5.74, 6) is -0.145. The SMILES string of the molecule is O=C(NCCc1ccc(Cl)s1)c1ccccn1. The molecule has 0 atom stereocenters. The number of carbonyl (C=O) groups is 1. The Balaban J connectivity index is 1.81. The highest BCUT2D eigenvalue weighted by Crippen LogP contribution is 2.21. The maximum Gasteiger partial charge on any atom is 0.269 e. The van der Waals surface area contributed by atoms with Crippen LogP contribution in [0.1, 0.15) is 15.4 Å². The van der Waals surface area contributed by atoms with Crippen molar-refractivity contribution < 1.29 is 4.79 Å². The first-order valence-corrected chi connectivity index (χ1v) is 6.38. The molecular weight excluding hydrogens is 256 g/mol. The Morgan fingerprint density at radius 1 is 1.35 bits per heavy atom. The van der Waals surface area contributed by atoms with Gasteiger partial charge in [0.25, 0.3) is 5.91 Å². The average Bonchev–Trinajstić information content (AvgIpc) is 2.76. The van der Waals surface area contributed by atoms with Crippen molar-refractivity contribution in [3.8, 4) is 0 Å². The van der Waals surface area contributed by atoms with Gasteiger partial charge in [-0.3, -0.25) is 9.78 Å². The van der Waals surface area contributed by atoms with Gasteiger partial charge in [0.05, 0.1) is 4.34 Å². The molecule has 0 aromatic carbocycles. The summed E-state index contributed by atoms with van der Waals surface area (Å²) in [6, 6.07) is 9.10. The Hall–Kier alpha value is -1.39. The predicted octanol–water partition coefficient (Wildman–Crippen LogP) is 2.77. The zero-order chi connectivity index (χ0) is 12.1. The molecule has 17 heavy (non-hydrogen) atoms. The van der Waals surface area contributed by atoms with Crippen molar-refractivity contribution in [3.63, 3.8) is 0 Å². The lowest BCUT2D eigenvalue weighted by atomic mass is 10.3. The van der Waals surface area contributed by atoms with E-state index in [0.29, 0.717) is 12.2 Å². The quantitative estimate of drug-likeness (QED) is 0.925. The lowest BCUT2D eigenvalue weighted by Gasteiger charge is -2.02. The van der Waals surface area contributed by atoms with Crippen molar-refractivity contribution in [2.75, 3.05) is 6.54 Å². The summed E-state index contributed by atoms with van der Waals surface area (Å²) in [4.78, 5) is 16.8. The van der Waals surface area contributed by atoms with E-state index in [1.54, 1.807) is 24.4 Å². The van der Waals surface area contributed by atoms with Gasteiger partial charge in [-0.1, -0.05) is 17.7 Å². The molecule has 1 amide bonds. The fourth-order valence-electron chi connectivity index (χ4n) is 1.37. The molecule has 0 radical (unpaired) electrons. The van der Waals surface area contributed by atoms with Crippen molar-refractivity contribution in [1.29, 1.82) is 0 Å². The summed E-state index contributed by atoms with van der Waals surface area (Å²) in [5, 5.41) is 2.82. The van der Waals surface area contributed by atoms with E-state index in [1.165, 1.54) is 11.3 Å². The Kier molecular flexibility index (Phi) is 4.12. The fourth-order valence-corrected chi connectivity index (χ4v) is 2.46. The molecule has 1 N–H and O–H groups in total. The van der Waals surface area contributed by atoms with Crippen LogP contribution in [0.2, 0.25) is 4.34 Å². The van der Waals surface area contributed by atoms with Gasteiger partial charge < -0.3 is 5.32 Å². The first-order valence-electron chi connectivity index (χ1n) is 5.19. The normalized spacial score (nSPS) is 10.2. The van der Waals surface area contributed by atoms with Crippen LogP contribution in [0.4, 0.5) is 0 Å². The lowest BCUT2D eigenvalue weighted by Crippen LogP contribution is -2.26. The van der Waals surface area contributed by atoms with Crippen molar-refractivity contribution >= 4 is 28.8 Å². The third-order valence-corrected chi connectivity index (χ3v) is 3.47. The molecular formula is C12H11ClN2OS. The van der Waals surface area contributed by atoms with E-state index < -0.39 is 0 Å². The average molecular weight is 267 g/mol. The zero-order valence-electron chi connectivity index (χ0n) is 9.02. The molecule has 0 aliphatic rings. The Labute approximate surface area is 108 Å². The largest absolute Gasteiger partial charge is 0.350 e. The van der Waals surface area contributed by atoms with Crippen LogP contribution >= 0.6 is 22.9 Å². The number of thiophene rings is 1. The van der Waals surface area contributed by atoms with Gasteiger partial charge in [-0.15, -0.1) is 11.3 Å². The summed E-state index contributed by atoms with van der Waals surface area (Å²) in [5.41, 5.74) is 0.441. The molecule has 5 heteroatoms. The van der Waals surface area contributed by atoms with Crippen LogP contribution in [0.25, 0.3) is 0 Å². The molecule has 2 rings (SSSR count). The second kappa shape index (κ2) is 5.80. The van der Waals surface area contributed by atoms with Gasteiger partial charge >= 0.3 is 0 Å². The number of hydrogen-bond acceptors (Lipinski definition) is 3. The van der Waals surface area contributed by atoms with E-state index in [-0.39, 0.29) is 5.91 Å². The number of halogens is 1.